The molecule has 1 aromatic rings. The quantitative estimate of drug-likeness (QED) is 0.112. The Bertz CT molecular complexity index is 744. The third kappa shape index (κ3) is 11.1. The molecule has 34 heavy (non-hydrogen) atoms. The zero-order valence-electron chi connectivity index (χ0n) is 18.7. The molecule has 0 saturated heterocycles. The fraction of sp³-hybridized carbons (Fsp3) is 0.600. The van der Waals surface area contributed by atoms with Crippen molar-refractivity contribution in [2.24, 2.45) is 0 Å². The smallest absolute Gasteiger partial charge is 0.408 e. The number of halogens is 4. The Kier molecular flexibility index (Phi) is 14.8. The molecule has 0 fully saturated rings. The summed E-state index contributed by atoms with van der Waals surface area (Å²) in [6.45, 7) is 0.599. The van der Waals surface area contributed by atoms with Gasteiger partial charge in [-0.1, -0.05) is 0 Å². The largest absolute Gasteiger partial charge is 0.447 e. The third-order valence-electron chi connectivity index (χ3n) is 3.83. The number of esters is 1. The number of alkyl carbamates (subject to hydrolysis) is 1. The molecule has 0 aliphatic rings. The van der Waals surface area contributed by atoms with E-state index < -0.39 is 53.7 Å². The molecule has 1 rings (SSSR count). The molecule has 1 atom stereocenters. The summed E-state index contributed by atoms with van der Waals surface area (Å²) >= 11 is 0. The lowest BCUT2D eigenvalue weighted by Gasteiger charge is -2.18. The molecule has 0 heterocycles. The molecule has 0 aromatic heterocycles. The fourth-order valence-corrected chi connectivity index (χ4v) is 2.17. The molecule has 10 nitrogen and oxygen atoms in total. The van der Waals surface area contributed by atoms with Crippen LogP contribution in [0.2, 0.25) is 0 Å². The van der Waals surface area contributed by atoms with Crippen molar-refractivity contribution in [3.05, 3.63) is 29.3 Å². The van der Waals surface area contributed by atoms with Crippen LogP contribution in [0.4, 0.5) is 22.4 Å². The van der Waals surface area contributed by atoms with E-state index in [1.165, 1.54) is 14.2 Å². The van der Waals surface area contributed by atoms with Gasteiger partial charge in [-0.3, -0.25) is 0 Å². The van der Waals surface area contributed by atoms with Gasteiger partial charge in [0.25, 0.3) is 0 Å². The van der Waals surface area contributed by atoms with E-state index in [0.29, 0.717) is 13.2 Å². The average molecular weight is 501 g/mol. The van der Waals surface area contributed by atoms with Gasteiger partial charge < -0.3 is 38.5 Å². The van der Waals surface area contributed by atoms with Gasteiger partial charge in [-0.05, 0) is 0 Å². The standard InChI is InChI=1S/C20H27F4NO9/c1-28-3-5-30-7-8-32-12-15(25-20(27)33-10-9-31-6-4-29-2)19(26)34-18-16(23)13(21)11-14(22)17(18)24/h11,15H,3-10,12H2,1-2H3,(H,25,27)/t15-/m0/s1. The van der Waals surface area contributed by atoms with E-state index in [0.717, 1.165) is 0 Å². The summed E-state index contributed by atoms with van der Waals surface area (Å²) in [5, 5.41) is 2.08. The van der Waals surface area contributed by atoms with E-state index in [1.807, 2.05) is 0 Å². The molecular formula is C20H27F4NO9. The molecule has 1 N–H and O–H groups in total. The van der Waals surface area contributed by atoms with Crippen LogP contribution in [0.5, 0.6) is 5.75 Å². The van der Waals surface area contributed by atoms with Crippen LogP contribution < -0.4 is 10.1 Å². The summed E-state index contributed by atoms with van der Waals surface area (Å²) in [7, 11) is 2.97. The van der Waals surface area contributed by atoms with Crippen molar-refractivity contribution in [1.82, 2.24) is 5.32 Å². The van der Waals surface area contributed by atoms with Gasteiger partial charge in [-0.2, -0.15) is 8.78 Å². The Morgan fingerprint density at radius 2 is 1.29 bits per heavy atom. The Morgan fingerprint density at radius 3 is 1.85 bits per heavy atom. The number of nitrogens with one attached hydrogen (secondary N) is 1. The highest BCUT2D eigenvalue weighted by atomic mass is 19.2. The van der Waals surface area contributed by atoms with Gasteiger partial charge in [0, 0.05) is 20.3 Å². The van der Waals surface area contributed by atoms with Crippen LogP contribution >= 0.6 is 0 Å². The van der Waals surface area contributed by atoms with Crippen molar-refractivity contribution in [3.8, 4) is 5.75 Å². The van der Waals surface area contributed by atoms with E-state index in [2.05, 4.69) is 10.1 Å². The highest BCUT2D eigenvalue weighted by molar-refractivity contribution is 5.83. The van der Waals surface area contributed by atoms with Crippen LogP contribution in [-0.2, 0) is 33.2 Å². The Balaban J connectivity index is 2.71. The molecule has 194 valence electrons. The minimum atomic E-state index is -1.92. The highest BCUT2D eigenvalue weighted by Crippen LogP contribution is 2.26. The molecular weight excluding hydrogens is 474 g/mol. The number of carbonyl (C=O) groups is 2. The zero-order valence-corrected chi connectivity index (χ0v) is 18.7. The Labute approximate surface area is 193 Å². The summed E-state index contributed by atoms with van der Waals surface area (Å²) in [4.78, 5) is 24.4. The van der Waals surface area contributed by atoms with Crippen molar-refractivity contribution < 1.29 is 60.3 Å². The zero-order chi connectivity index (χ0) is 25.3. The first-order chi connectivity index (χ1) is 16.3. The van der Waals surface area contributed by atoms with Gasteiger partial charge in [0.05, 0.1) is 52.9 Å². The van der Waals surface area contributed by atoms with Crippen LogP contribution in [-0.4, -0.2) is 91.8 Å². The number of methoxy groups -OCH3 is 2. The second kappa shape index (κ2) is 17.0. The van der Waals surface area contributed by atoms with Crippen LogP contribution in [0.1, 0.15) is 0 Å². The van der Waals surface area contributed by atoms with Gasteiger partial charge in [-0.25, -0.2) is 18.4 Å². The molecule has 14 heteroatoms. The molecule has 1 aromatic carbocycles. The lowest BCUT2D eigenvalue weighted by Crippen LogP contribution is -2.46. The van der Waals surface area contributed by atoms with Crippen LogP contribution in [0.3, 0.4) is 0 Å². The predicted octanol–water partition coefficient (Wildman–Crippen LogP) is 1.59. The molecule has 0 bridgehead atoms. The van der Waals surface area contributed by atoms with Crippen LogP contribution in [0.15, 0.2) is 6.07 Å². The molecule has 0 aliphatic heterocycles. The first-order valence-corrected chi connectivity index (χ1v) is 10.0. The lowest BCUT2D eigenvalue weighted by molar-refractivity contribution is -0.139. The summed E-state index contributed by atoms with van der Waals surface area (Å²) in [6, 6.07) is -1.69. The number of amides is 1. The molecule has 0 radical (unpaired) electrons. The van der Waals surface area contributed by atoms with Crippen LogP contribution in [0, 0.1) is 23.3 Å². The lowest BCUT2D eigenvalue weighted by atomic mass is 10.2. The van der Waals surface area contributed by atoms with Crippen molar-refractivity contribution in [3.63, 3.8) is 0 Å². The number of rotatable bonds is 17. The summed E-state index contributed by atoms with van der Waals surface area (Å²) in [6.07, 6.45) is -1.11. The van der Waals surface area contributed by atoms with E-state index in [4.69, 9.17) is 28.4 Å². The van der Waals surface area contributed by atoms with Crippen molar-refractivity contribution >= 4 is 12.1 Å². The molecule has 0 unspecified atom stereocenters. The topological polar surface area (TPSA) is 111 Å². The number of benzene rings is 1. The molecule has 1 amide bonds. The van der Waals surface area contributed by atoms with E-state index >= 15 is 0 Å². The molecule has 0 saturated carbocycles. The molecule has 0 aliphatic carbocycles. The monoisotopic (exact) mass is 501 g/mol. The minimum Gasteiger partial charge on any atom is -0.447 e. The molecule has 0 spiro atoms. The number of hydrogen-bond acceptors (Lipinski definition) is 9. The summed E-state index contributed by atoms with van der Waals surface area (Å²) in [5.41, 5.74) is 0. The van der Waals surface area contributed by atoms with Crippen molar-refractivity contribution in [2.45, 2.75) is 6.04 Å². The maximum atomic E-state index is 13.8. The number of ether oxygens (including phenoxy) is 7. The van der Waals surface area contributed by atoms with Crippen molar-refractivity contribution in [2.75, 3.05) is 73.7 Å². The number of hydrogen-bond donors (Lipinski definition) is 1. The predicted molar refractivity (Wildman–Crippen MR) is 106 cm³/mol. The Hall–Kier alpha value is -2.52. The third-order valence-corrected chi connectivity index (χ3v) is 3.83. The maximum absolute atomic E-state index is 13.8. The SMILES string of the molecule is COCCOCCOC[C@H](NC(=O)OCCOCCOC)C(=O)Oc1c(F)c(F)cc(F)c1F. The second-order valence-electron chi connectivity index (χ2n) is 6.34. The van der Waals surface area contributed by atoms with Gasteiger partial charge in [0.2, 0.25) is 17.4 Å². The fourth-order valence-electron chi connectivity index (χ4n) is 2.17. The second-order valence-corrected chi connectivity index (χ2v) is 6.34. The van der Waals surface area contributed by atoms with E-state index in [1.54, 1.807) is 0 Å². The minimum absolute atomic E-state index is 0.0280. The normalized spacial score (nSPS) is 11.8. The van der Waals surface area contributed by atoms with Gasteiger partial charge in [0.15, 0.2) is 17.7 Å². The maximum Gasteiger partial charge on any atom is 0.408 e. The highest BCUT2D eigenvalue weighted by Gasteiger charge is 2.29. The van der Waals surface area contributed by atoms with E-state index in [9.17, 15) is 27.2 Å². The Morgan fingerprint density at radius 1 is 0.794 bits per heavy atom. The average Bonchev–Trinajstić information content (AvgIpc) is 2.81. The summed E-state index contributed by atoms with van der Waals surface area (Å²) < 4.78 is 88.7. The first-order valence-electron chi connectivity index (χ1n) is 10.0. The van der Waals surface area contributed by atoms with Crippen molar-refractivity contribution in [1.29, 1.82) is 0 Å². The van der Waals surface area contributed by atoms with Gasteiger partial charge in [0.1, 0.15) is 6.61 Å². The van der Waals surface area contributed by atoms with Gasteiger partial charge >= 0.3 is 12.1 Å². The van der Waals surface area contributed by atoms with E-state index in [-0.39, 0.29) is 45.7 Å². The first kappa shape index (κ1) is 29.5. The summed E-state index contributed by atoms with van der Waals surface area (Å²) in [5.74, 6) is -10.5. The van der Waals surface area contributed by atoms with Gasteiger partial charge in [-0.15, -0.1) is 0 Å². The number of carbonyl (C=O) groups excluding carboxylic acids is 2. The van der Waals surface area contributed by atoms with Crippen LogP contribution in [0.25, 0.3) is 0 Å².